The number of rotatable bonds is 7. The SMILES string of the molecule is C.C.Nc1c(-c2cccnc2)cncc1[N+](=O)[O-].Nc1c(Br)cncc1[N+](=O)[O-].Nc1ccncc1[N+](=O)[O-].Nc1cncc(-c2cccnc2)c1N.OB(O)Oc1cccnc1. The number of aromatic nitrogens is 7. The van der Waals surface area contributed by atoms with Gasteiger partial charge in [0.1, 0.15) is 41.4 Å². The quantitative estimate of drug-likeness (QED) is 0.0585. The summed E-state index contributed by atoms with van der Waals surface area (Å²) >= 11 is 3.02. The van der Waals surface area contributed by atoms with E-state index < -0.39 is 22.1 Å². The maximum absolute atomic E-state index is 10.7. The lowest BCUT2D eigenvalue weighted by Crippen LogP contribution is -2.20. The van der Waals surface area contributed by atoms with E-state index in [9.17, 15) is 30.3 Å². The zero-order valence-corrected chi connectivity index (χ0v) is 32.8. The number of nitrogens with zero attached hydrogens (tertiary/aromatic N) is 10. The average Bonchev–Trinajstić information content (AvgIpc) is 3.24. The van der Waals surface area contributed by atoms with Crippen LogP contribution in [0.15, 0.2) is 134 Å². The summed E-state index contributed by atoms with van der Waals surface area (Å²) in [5, 5.41) is 47.6. The van der Waals surface area contributed by atoms with E-state index in [0.717, 1.165) is 29.7 Å². The summed E-state index contributed by atoms with van der Waals surface area (Å²) in [6, 6.07) is 11.9. The minimum atomic E-state index is -1.77. The summed E-state index contributed by atoms with van der Waals surface area (Å²) in [5.74, 6) is 0.331. The molecule has 0 saturated carbocycles. The monoisotopic (exact) mass is 929 g/mol. The molecular weight excluding hydrogens is 889 g/mol. The molecule has 0 unspecified atom stereocenters. The Kier molecular flexibility index (Phi) is 22.2. The van der Waals surface area contributed by atoms with Gasteiger partial charge in [-0.2, -0.15) is 0 Å². The fourth-order valence-electron chi connectivity index (χ4n) is 4.26. The van der Waals surface area contributed by atoms with Crippen LogP contribution in [0, 0.1) is 30.3 Å². The normalized spacial score (nSPS) is 9.32. The maximum atomic E-state index is 10.7. The average molecular weight is 931 g/mol. The smallest absolute Gasteiger partial charge is 0.511 e. The van der Waals surface area contributed by atoms with Crippen LogP contribution in [0.5, 0.6) is 5.75 Å². The fourth-order valence-corrected chi connectivity index (χ4v) is 4.59. The molecule has 0 saturated heterocycles. The second kappa shape index (κ2) is 26.6. The number of hydrogen-bond acceptors (Lipinski definition) is 21. The van der Waals surface area contributed by atoms with Gasteiger partial charge in [0, 0.05) is 78.0 Å². The lowest BCUT2D eigenvalue weighted by Gasteiger charge is -2.06. The van der Waals surface area contributed by atoms with E-state index in [2.05, 4.69) is 55.5 Å². The molecule has 0 aromatic carbocycles. The van der Waals surface area contributed by atoms with Gasteiger partial charge in [-0.3, -0.25) is 65.2 Å². The van der Waals surface area contributed by atoms with E-state index >= 15 is 0 Å². The van der Waals surface area contributed by atoms with Crippen molar-refractivity contribution in [3.8, 4) is 28.0 Å². The third-order valence-corrected chi connectivity index (χ3v) is 7.78. The maximum Gasteiger partial charge on any atom is 0.707 e. The summed E-state index contributed by atoms with van der Waals surface area (Å²) in [7, 11) is -1.77. The van der Waals surface area contributed by atoms with E-state index in [0.29, 0.717) is 32.7 Å². The molecule has 63 heavy (non-hydrogen) atoms. The zero-order valence-electron chi connectivity index (χ0n) is 31.2. The van der Waals surface area contributed by atoms with E-state index in [1.54, 1.807) is 61.4 Å². The Bertz CT molecular complexity index is 2520. The van der Waals surface area contributed by atoms with Crippen molar-refractivity contribution in [2.24, 2.45) is 0 Å². The first-order chi connectivity index (χ1) is 29.1. The third-order valence-electron chi connectivity index (χ3n) is 7.15. The molecule has 26 heteroatoms. The molecule has 0 atom stereocenters. The van der Waals surface area contributed by atoms with Crippen molar-refractivity contribution >= 4 is 68.8 Å². The van der Waals surface area contributed by atoms with Gasteiger partial charge < -0.3 is 43.4 Å². The van der Waals surface area contributed by atoms with Gasteiger partial charge in [-0.25, -0.2) is 0 Å². The van der Waals surface area contributed by atoms with Crippen molar-refractivity contribution in [3.05, 3.63) is 164 Å². The number of hydrogen-bond donors (Lipinski definition) is 7. The molecule has 0 bridgehead atoms. The Morgan fingerprint density at radius 2 is 0.952 bits per heavy atom. The van der Waals surface area contributed by atoms with Crippen molar-refractivity contribution in [1.29, 1.82) is 0 Å². The first kappa shape index (κ1) is 52.5. The summed E-state index contributed by atoms with van der Waals surface area (Å²) in [5.41, 5.74) is 31.6. The molecule has 12 N–H and O–H groups in total. The van der Waals surface area contributed by atoms with Crippen LogP contribution in [0.25, 0.3) is 22.3 Å². The third kappa shape index (κ3) is 16.6. The van der Waals surface area contributed by atoms with Gasteiger partial charge in [0.05, 0.1) is 43.0 Å². The molecule has 0 aliphatic rings. The second-order valence-corrected chi connectivity index (χ2v) is 12.0. The Labute approximate surface area is 367 Å². The lowest BCUT2D eigenvalue weighted by molar-refractivity contribution is -0.384. The topological polar surface area (TPSA) is 399 Å². The van der Waals surface area contributed by atoms with Crippen molar-refractivity contribution in [1.82, 2.24) is 34.9 Å². The van der Waals surface area contributed by atoms with Crippen LogP contribution < -0.4 is 33.3 Å². The number of anilines is 5. The molecule has 0 fully saturated rings. The lowest BCUT2D eigenvalue weighted by atomic mass is 10.1. The number of pyridine rings is 7. The molecule has 328 valence electrons. The molecule has 0 aliphatic heterocycles. The highest BCUT2D eigenvalue weighted by Crippen LogP contribution is 2.31. The highest BCUT2D eigenvalue weighted by molar-refractivity contribution is 9.10. The van der Waals surface area contributed by atoms with Crippen LogP contribution in [0.4, 0.5) is 45.5 Å². The van der Waals surface area contributed by atoms with Gasteiger partial charge in [-0.05, 0) is 46.3 Å². The first-order valence-electron chi connectivity index (χ1n) is 16.6. The molecular formula is C37H41BBrN15O9. The van der Waals surface area contributed by atoms with Crippen LogP contribution in [0.2, 0.25) is 0 Å². The van der Waals surface area contributed by atoms with Gasteiger partial charge in [0.25, 0.3) is 0 Å². The van der Waals surface area contributed by atoms with Crippen LogP contribution >= 0.6 is 15.9 Å². The minimum absolute atomic E-state index is 0. The predicted octanol–water partition coefficient (Wildman–Crippen LogP) is 5.55. The predicted molar refractivity (Wildman–Crippen MR) is 242 cm³/mol. The van der Waals surface area contributed by atoms with Crippen LogP contribution in [0.3, 0.4) is 0 Å². The largest absolute Gasteiger partial charge is 0.707 e. The molecule has 0 radical (unpaired) electrons. The van der Waals surface area contributed by atoms with Gasteiger partial charge in [-0.1, -0.05) is 27.0 Å². The van der Waals surface area contributed by atoms with E-state index in [1.165, 1.54) is 37.1 Å². The second-order valence-electron chi connectivity index (χ2n) is 11.2. The van der Waals surface area contributed by atoms with Gasteiger partial charge in [0.2, 0.25) is 0 Å². The van der Waals surface area contributed by atoms with Gasteiger partial charge in [0.15, 0.2) is 0 Å². The van der Waals surface area contributed by atoms with Crippen molar-refractivity contribution in [2.45, 2.75) is 14.9 Å². The van der Waals surface area contributed by atoms with Crippen LogP contribution in [-0.4, -0.2) is 67.0 Å². The summed E-state index contributed by atoms with van der Waals surface area (Å²) in [4.78, 5) is 55.9. The Morgan fingerprint density at radius 1 is 0.508 bits per heavy atom. The molecule has 24 nitrogen and oxygen atoms in total. The molecule has 0 spiro atoms. The number of nitrogens with two attached hydrogens (primary N) is 5. The zero-order chi connectivity index (χ0) is 44.9. The highest BCUT2D eigenvalue weighted by Gasteiger charge is 2.16. The number of nitrogen functional groups attached to an aromatic ring is 5. The van der Waals surface area contributed by atoms with Crippen LogP contribution in [0.1, 0.15) is 14.9 Å². The van der Waals surface area contributed by atoms with Gasteiger partial charge >= 0.3 is 24.4 Å². The molecule has 0 aliphatic carbocycles. The Balaban J connectivity index is 0.000000396. The fraction of sp³-hybridized carbons (Fsp3) is 0.0541. The number of nitro groups is 3. The van der Waals surface area contributed by atoms with E-state index in [4.69, 9.17) is 38.7 Å². The molecule has 7 aromatic rings. The molecule has 7 rings (SSSR count). The Morgan fingerprint density at radius 3 is 1.38 bits per heavy atom. The van der Waals surface area contributed by atoms with E-state index in [1.807, 2.05) is 12.1 Å². The van der Waals surface area contributed by atoms with Crippen molar-refractivity contribution < 1.29 is 29.5 Å². The summed E-state index contributed by atoms with van der Waals surface area (Å²) in [6.07, 6.45) is 20.5. The number of halogens is 1. The summed E-state index contributed by atoms with van der Waals surface area (Å²) in [6.45, 7) is 0. The van der Waals surface area contributed by atoms with Gasteiger partial charge in [-0.15, -0.1) is 0 Å². The molecule has 0 amide bonds. The molecule has 7 aromatic heterocycles. The first-order valence-corrected chi connectivity index (χ1v) is 17.4. The Hall–Kier alpha value is -8.49. The summed E-state index contributed by atoms with van der Waals surface area (Å²) < 4.78 is 4.90. The van der Waals surface area contributed by atoms with Crippen LogP contribution in [-0.2, 0) is 0 Å². The standard InChI is InChI=1S/C10H8N4O2.C10H10N4.C5H6BNO3.C5H4BrN3O2.C5H5N3O2.2CH4/c11-10-8(7-2-1-3-12-4-7)5-13-6-9(10)14(15)16;11-9-6-14-5-8(10(9)12)7-2-1-3-13-4-7;8-6(9)10-5-2-1-3-7-4-5;6-3-1-8-2-4(5(3)7)9(10)11;6-4-1-2-7-3-5(4)8(9)10;;/h1-6H,(H2,11,13);1-6H,11H2,(H2,12,14);1-4,8-9H;1-2H,(H2,7,8);1-3H,(H2,6,7);2*1H4. The highest BCUT2D eigenvalue weighted by atomic mass is 79.9. The minimum Gasteiger partial charge on any atom is -0.511 e. The van der Waals surface area contributed by atoms with E-state index in [-0.39, 0.29) is 49.0 Å². The van der Waals surface area contributed by atoms with Crippen molar-refractivity contribution in [2.75, 3.05) is 28.7 Å². The van der Waals surface area contributed by atoms with Crippen molar-refractivity contribution in [3.63, 3.8) is 0 Å². The molecule has 7 heterocycles.